The molecule has 0 saturated carbocycles. The van der Waals surface area contributed by atoms with Crippen LogP contribution in [-0.2, 0) is 9.59 Å². The fraction of sp³-hybridized carbons (Fsp3) is 0.0909. The fourth-order valence-corrected chi connectivity index (χ4v) is 1.20. The number of hydrogen-bond acceptors (Lipinski definition) is 2. The topological polar surface area (TPSA) is 74.6 Å². The lowest BCUT2D eigenvalue weighted by molar-refractivity contribution is -0.135. The van der Waals surface area contributed by atoms with Crippen LogP contribution in [0.4, 0.5) is 0 Å². The van der Waals surface area contributed by atoms with Gasteiger partial charge in [-0.3, -0.25) is 4.79 Å². The summed E-state index contributed by atoms with van der Waals surface area (Å²) in [5.41, 5.74) is 0.901. The first-order chi connectivity index (χ1) is 7.09. The van der Waals surface area contributed by atoms with Gasteiger partial charge >= 0.3 is 11.9 Å². The van der Waals surface area contributed by atoms with Gasteiger partial charge < -0.3 is 10.2 Å². The van der Waals surface area contributed by atoms with Gasteiger partial charge in [-0.2, -0.15) is 0 Å². The first-order valence-electron chi connectivity index (χ1n) is 4.30. The van der Waals surface area contributed by atoms with Crippen LogP contribution in [0, 0.1) is 0 Å². The van der Waals surface area contributed by atoms with Crippen molar-refractivity contribution < 1.29 is 19.8 Å². The molecule has 15 heavy (non-hydrogen) atoms. The highest BCUT2D eigenvalue weighted by molar-refractivity contribution is 5.94. The fourth-order valence-electron chi connectivity index (χ4n) is 1.20. The average molecular weight is 206 g/mol. The summed E-state index contributed by atoms with van der Waals surface area (Å²) in [5.74, 6) is -2.19. The summed E-state index contributed by atoms with van der Waals surface area (Å²) in [6, 6.07) is 8.60. The average Bonchev–Trinajstić information content (AvgIpc) is 2.17. The summed E-state index contributed by atoms with van der Waals surface area (Å²) >= 11 is 0. The van der Waals surface area contributed by atoms with Crippen molar-refractivity contribution in [1.29, 1.82) is 0 Å². The highest BCUT2D eigenvalue weighted by Crippen LogP contribution is 2.17. The molecule has 4 nitrogen and oxygen atoms in total. The monoisotopic (exact) mass is 206 g/mol. The maximum atomic E-state index is 10.5. The highest BCUT2D eigenvalue weighted by atomic mass is 16.4. The zero-order chi connectivity index (χ0) is 11.3. The summed E-state index contributed by atoms with van der Waals surface area (Å²) < 4.78 is 0. The van der Waals surface area contributed by atoms with Gasteiger partial charge in [-0.15, -0.1) is 0 Å². The van der Waals surface area contributed by atoms with E-state index in [1.54, 1.807) is 30.3 Å². The number of carboxylic acid groups (broad SMARTS) is 2. The third-order valence-corrected chi connectivity index (χ3v) is 1.78. The van der Waals surface area contributed by atoms with Crippen molar-refractivity contribution >= 4 is 17.5 Å². The molecular weight excluding hydrogens is 196 g/mol. The van der Waals surface area contributed by atoms with E-state index in [9.17, 15) is 9.59 Å². The van der Waals surface area contributed by atoms with Crippen LogP contribution in [0.2, 0.25) is 0 Å². The number of benzene rings is 1. The number of aliphatic carboxylic acids is 2. The van der Waals surface area contributed by atoms with Crippen molar-refractivity contribution in [2.24, 2.45) is 0 Å². The minimum absolute atomic E-state index is 0.288. The maximum absolute atomic E-state index is 10.5. The Hall–Kier alpha value is -2.10. The third kappa shape index (κ3) is 3.64. The first kappa shape index (κ1) is 11.0. The summed E-state index contributed by atoms with van der Waals surface area (Å²) in [4.78, 5) is 21.0. The predicted molar refractivity (Wildman–Crippen MR) is 54.3 cm³/mol. The summed E-state index contributed by atoms with van der Waals surface area (Å²) in [6.45, 7) is 0. The van der Waals surface area contributed by atoms with E-state index in [-0.39, 0.29) is 12.0 Å². The molecule has 0 saturated heterocycles. The molecule has 1 aromatic carbocycles. The Labute approximate surface area is 86.5 Å². The van der Waals surface area contributed by atoms with Crippen LogP contribution in [-0.4, -0.2) is 22.2 Å². The van der Waals surface area contributed by atoms with Crippen molar-refractivity contribution in [3.05, 3.63) is 42.0 Å². The standard InChI is InChI=1S/C11H10O4/c12-10(13)6-9(7-11(14)15)8-4-2-1-3-5-8/h1-6H,7H2,(H,12,13)(H,14,15)/b9-6-. The molecule has 1 rings (SSSR count). The second-order valence-corrected chi connectivity index (χ2v) is 2.94. The molecule has 0 aromatic heterocycles. The van der Waals surface area contributed by atoms with Crippen molar-refractivity contribution in [1.82, 2.24) is 0 Å². The van der Waals surface area contributed by atoms with Gasteiger partial charge in [0.2, 0.25) is 0 Å². The Balaban J connectivity index is 3.02. The number of carboxylic acids is 2. The zero-order valence-electron chi connectivity index (χ0n) is 7.88. The van der Waals surface area contributed by atoms with E-state index >= 15 is 0 Å². The molecule has 78 valence electrons. The molecule has 0 atom stereocenters. The second kappa shape index (κ2) is 4.95. The van der Waals surface area contributed by atoms with E-state index in [1.165, 1.54) is 0 Å². The Morgan fingerprint density at radius 1 is 1.13 bits per heavy atom. The van der Waals surface area contributed by atoms with E-state index < -0.39 is 11.9 Å². The highest BCUT2D eigenvalue weighted by Gasteiger charge is 2.08. The van der Waals surface area contributed by atoms with Crippen LogP contribution >= 0.6 is 0 Å². The molecule has 0 fully saturated rings. The molecule has 0 aliphatic carbocycles. The van der Waals surface area contributed by atoms with Crippen LogP contribution in [0.15, 0.2) is 36.4 Å². The lowest BCUT2D eigenvalue weighted by Gasteiger charge is -2.03. The molecule has 1 aromatic rings. The van der Waals surface area contributed by atoms with E-state index in [0.717, 1.165) is 6.08 Å². The second-order valence-electron chi connectivity index (χ2n) is 2.94. The molecule has 0 aliphatic rings. The Morgan fingerprint density at radius 2 is 1.73 bits per heavy atom. The molecule has 0 amide bonds. The van der Waals surface area contributed by atoms with Gasteiger partial charge in [-0.1, -0.05) is 30.3 Å². The summed E-state index contributed by atoms with van der Waals surface area (Å²) in [5, 5.41) is 17.2. The van der Waals surface area contributed by atoms with Gasteiger partial charge in [-0.05, 0) is 11.1 Å². The number of carbonyl (C=O) groups is 2. The van der Waals surface area contributed by atoms with Crippen molar-refractivity contribution in [3.63, 3.8) is 0 Å². The van der Waals surface area contributed by atoms with Gasteiger partial charge in [0.1, 0.15) is 0 Å². The molecule has 0 unspecified atom stereocenters. The molecule has 0 spiro atoms. The molecule has 4 heteroatoms. The SMILES string of the molecule is O=C(O)/C=C(/CC(=O)O)c1ccccc1. The number of rotatable bonds is 4. The summed E-state index contributed by atoms with van der Waals surface area (Å²) in [6.07, 6.45) is 0.625. The lowest BCUT2D eigenvalue weighted by Crippen LogP contribution is -2.00. The Kier molecular flexibility index (Phi) is 3.62. The largest absolute Gasteiger partial charge is 0.481 e. The number of hydrogen-bond donors (Lipinski definition) is 2. The van der Waals surface area contributed by atoms with E-state index in [0.29, 0.717) is 5.56 Å². The van der Waals surface area contributed by atoms with Gasteiger partial charge in [0.25, 0.3) is 0 Å². The minimum atomic E-state index is -1.14. The van der Waals surface area contributed by atoms with E-state index in [1.807, 2.05) is 0 Å². The molecule has 0 aliphatic heterocycles. The normalized spacial score (nSPS) is 11.1. The molecule has 0 radical (unpaired) electrons. The van der Waals surface area contributed by atoms with Crippen LogP contribution in [0.3, 0.4) is 0 Å². The van der Waals surface area contributed by atoms with Gasteiger partial charge in [-0.25, -0.2) is 4.79 Å². The third-order valence-electron chi connectivity index (χ3n) is 1.78. The molecule has 0 bridgehead atoms. The van der Waals surface area contributed by atoms with Crippen LogP contribution in [0.5, 0.6) is 0 Å². The van der Waals surface area contributed by atoms with Crippen LogP contribution in [0.1, 0.15) is 12.0 Å². The lowest BCUT2D eigenvalue weighted by atomic mass is 10.0. The maximum Gasteiger partial charge on any atom is 0.328 e. The molecular formula is C11H10O4. The Morgan fingerprint density at radius 3 is 2.20 bits per heavy atom. The quantitative estimate of drug-likeness (QED) is 0.734. The first-order valence-corrected chi connectivity index (χ1v) is 4.30. The van der Waals surface area contributed by atoms with E-state index in [4.69, 9.17) is 10.2 Å². The van der Waals surface area contributed by atoms with E-state index in [2.05, 4.69) is 0 Å². The smallest absolute Gasteiger partial charge is 0.328 e. The van der Waals surface area contributed by atoms with Crippen LogP contribution in [0.25, 0.3) is 5.57 Å². The van der Waals surface area contributed by atoms with Gasteiger partial charge in [0, 0.05) is 6.08 Å². The van der Waals surface area contributed by atoms with Crippen molar-refractivity contribution in [3.8, 4) is 0 Å². The van der Waals surface area contributed by atoms with Gasteiger partial charge in [0.05, 0.1) is 6.42 Å². The van der Waals surface area contributed by atoms with Gasteiger partial charge in [0.15, 0.2) is 0 Å². The Bertz CT molecular complexity index is 392. The van der Waals surface area contributed by atoms with Crippen molar-refractivity contribution in [2.75, 3.05) is 0 Å². The minimum Gasteiger partial charge on any atom is -0.481 e. The molecule has 0 heterocycles. The summed E-state index contributed by atoms with van der Waals surface area (Å²) in [7, 11) is 0. The predicted octanol–water partition coefficient (Wildman–Crippen LogP) is 1.63. The van der Waals surface area contributed by atoms with Crippen LogP contribution < -0.4 is 0 Å². The zero-order valence-corrected chi connectivity index (χ0v) is 7.88. The van der Waals surface area contributed by atoms with Crippen molar-refractivity contribution in [2.45, 2.75) is 6.42 Å². The molecule has 2 N–H and O–H groups in total.